The highest BCUT2D eigenvalue weighted by molar-refractivity contribution is 7.58. The van der Waals surface area contributed by atoms with Gasteiger partial charge >= 0.3 is 11.9 Å². The van der Waals surface area contributed by atoms with Gasteiger partial charge in [-0.2, -0.15) is 0 Å². The maximum atomic E-state index is 12.0. The third-order valence-electron chi connectivity index (χ3n) is 2.85. The van der Waals surface area contributed by atoms with E-state index in [1.807, 2.05) is 0 Å². The molecule has 0 radical (unpaired) electrons. The minimum Gasteiger partial charge on any atom is -0.481 e. The first kappa shape index (κ1) is 19.6. The second-order valence-corrected chi connectivity index (χ2v) is 7.18. The summed E-state index contributed by atoms with van der Waals surface area (Å²) in [6, 6.07) is -1.18. The molecule has 10 heteroatoms. The van der Waals surface area contributed by atoms with E-state index in [-0.39, 0.29) is 19.3 Å². The molecule has 0 heterocycles. The summed E-state index contributed by atoms with van der Waals surface area (Å²) in [6.45, 7) is 1.58. The van der Waals surface area contributed by atoms with Crippen molar-refractivity contribution in [2.75, 3.05) is 6.16 Å². The van der Waals surface area contributed by atoms with Gasteiger partial charge in [0.25, 0.3) is 0 Å². The van der Waals surface area contributed by atoms with Crippen molar-refractivity contribution in [1.29, 1.82) is 0 Å². The molecule has 0 aromatic rings. The van der Waals surface area contributed by atoms with E-state index in [1.54, 1.807) is 6.92 Å². The third-order valence-corrected chi connectivity index (χ3v) is 5.18. The van der Waals surface area contributed by atoms with Crippen molar-refractivity contribution in [2.24, 2.45) is 5.73 Å². The van der Waals surface area contributed by atoms with Crippen LogP contribution >= 0.6 is 7.37 Å². The van der Waals surface area contributed by atoms with Crippen molar-refractivity contribution in [1.82, 2.24) is 5.32 Å². The number of carboxylic acids is 2. The first-order valence-corrected chi connectivity index (χ1v) is 8.32. The summed E-state index contributed by atoms with van der Waals surface area (Å²) in [6.07, 6.45) is -1.03. The summed E-state index contributed by atoms with van der Waals surface area (Å²) < 4.78 is 12.0. The Morgan fingerprint density at radius 1 is 1.24 bits per heavy atom. The van der Waals surface area contributed by atoms with E-state index in [1.165, 1.54) is 0 Å². The predicted molar refractivity (Wildman–Crippen MR) is 74.0 cm³/mol. The molecule has 0 aliphatic rings. The zero-order valence-corrected chi connectivity index (χ0v) is 12.6. The number of carboxylic acid groups (broad SMARTS) is 2. The molecule has 6 N–H and O–H groups in total. The van der Waals surface area contributed by atoms with Gasteiger partial charge in [-0.15, -0.1) is 0 Å². The van der Waals surface area contributed by atoms with Crippen LogP contribution in [0.5, 0.6) is 0 Å². The van der Waals surface area contributed by atoms with Gasteiger partial charge in [-0.25, -0.2) is 0 Å². The van der Waals surface area contributed by atoms with Gasteiger partial charge in [0.1, 0.15) is 11.8 Å². The normalized spacial score (nSPS) is 16.5. The van der Waals surface area contributed by atoms with Crippen LogP contribution in [0, 0.1) is 0 Å². The van der Waals surface area contributed by atoms with Crippen LogP contribution in [0.4, 0.5) is 0 Å². The lowest BCUT2D eigenvalue weighted by atomic mass is 10.1. The molecule has 21 heavy (non-hydrogen) atoms. The number of carbonyl (C=O) groups excluding carboxylic acids is 1. The smallest absolute Gasteiger partial charge is 0.320 e. The van der Waals surface area contributed by atoms with Gasteiger partial charge in [0.15, 0.2) is 0 Å². The lowest BCUT2D eigenvalue weighted by Gasteiger charge is -2.22. The molecule has 122 valence electrons. The predicted octanol–water partition coefficient (Wildman–Crippen LogP) is -0.224. The standard InChI is InChI=1S/C11H21N2O7P/c1-2-9(21(19,20)6-5-10(15)16)13-8(14)4-3-7(12)11(17)18/h7,9H,2-6,12H2,1H3,(H,13,14)(H,15,16)(H,17,18)(H,19,20)/t7-,9+/m0/s1. The van der Waals surface area contributed by atoms with Crippen LogP contribution < -0.4 is 11.1 Å². The molecule has 0 saturated heterocycles. The molecule has 0 aromatic carbocycles. The number of aliphatic carboxylic acids is 2. The van der Waals surface area contributed by atoms with Gasteiger partial charge in [0, 0.05) is 12.6 Å². The molecule has 0 bridgehead atoms. The van der Waals surface area contributed by atoms with E-state index in [0.29, 0.717) is 0 Å². The fourth-order valence-corrected chi connectivity index (χ4v) is 3.31. The van der Waals surface area contributed by atoms with Crippen molar-refractivity contribution in [3.05, 3.63) is 0 Å². The van der Waals surface area contributed by atoms with Crippen LogP contribution in [0.3, 0.4) is 0 Å². The average Bonchev–Trinajstić information content (AvgIpc) is 2.39. The molecule has 0 saturated carbocycles. The Morgan fingerprint density at radius 2 is 1.81 bits per heavy atom. The fourth-order valence-electron chi connectivity index (χ4n) is 1.57. The van der Waals surface area contributed by atoms with Crippen LogP contribution in [0.15, 0.2) is 0 Å². The van der Waals surface area contributed by atoms with E-state index < -0.39 is 49.6 Å². The second kappa shape index (κ2) is 8.76. The van der Waals surface area contributed by atoms with E-state index in [2.05, 4.69) is 5.32 Å². The van der Waals surface area contributed by atoms with Crippen molar-refractivity contribution >= 4 is 25.2 Å². The highest BCUT2D eigenvalue weighted by Crippen LogP contribution is 2.46. The van der Waals surface area contributed by atoms with Crippen molar-refractivity contribution < 1.29 is 34.1 Å². The molecular weight excluding hydrogens is 303 g/mol. The van der Waals surface area contributed by atoms with Gasteiger partial charge in [0.2, 0.25) is 13.3 Å². The van der Waals surface area contributed by atoms with Crippen molar-refractivity contribution in [3.63, 3.8) is 0 Å². The molecular formula is C11H21N2O7P. The lowest BCUT2D eigenvalue weighted by Crippen LogP contribution is -2.37. The highest BCUT2D eigenvalue weighted by atomic mass is 31.2. The van der Waals surface area contributed by atoms with Crippen LogP contribution in [-0.2, 0) is 18.9 Å². The number of hydrogen-bond acceptors (Lipinski definition) is 5. The van der Waals surface area contributed by atoms with Crippen molar-refractivity contribution in [2.45, 2.75) is 44.4 Å². The number of rotatable bonds is 10. The quantitative estimate of drug-likeness (QED) is 0.344. The zero-order valence-electron chi connectivity index (χ0n) is 11.7. The number of nitrogens with two attached hydrogens (primary N) is 1. The molecule has 3 atom stereocenters. The summed E-state index contributed by atoms with van der Waals surface area (Å²) in [4.78, 5) is 42.3. The Kier molecular flexibility index (Phi) is 8.16. The van der Waals surface area contributed by atoms with Gasteiger partial charge in [-0.3, -0.25) is 18.9 Å². The summed E-state index contributed by atoms with van der Waals surface area (Å²) >= 11 is 0. The van der Waals surface area contributed by atoms with Crippen LogP contribution in [0.2, 0.25) is 0 Å². The Balaban J connectivity index is 4.47. The minimum absolute atomic E-state index is 0.0948. The maximum Gasteiger partial charge on any atom is 0.320 e. The summed E-state index contributed by atoms with van der Waals surface area (Å²) in [7, 11) is -3.84. The summed E-state index contributed by atoms with van der Waals surface area (Å²) in [5, 5.41) is 19.4. The monoisotopic (exact) mass is 324 g/mol. The van der Waals surface area contributed by atoms with Crippen LogP contribution in [-0.4, -0.2) is 50.9 Å². The number of hydrogen-bond donors (Lipinski definition) is 5. The first-order valence-electron chi connectivity index (χ1n) is 6.41. The number of amides is 1. The van der Waals surface area contributed by atoms with Gasteiger partial charge in [-0.1, -0.05) is 6.92 Å². The Morgan fingerprint density at radius 3 is 2.24 bits per heavy atom. The first-order chi connectivity index (χ1) is 9.60. The molecule has 1 unspecified atom stereocenters. The molecule has 1 amide bonds. The summed E-state index contributed by atoms with van der Waals surface area (Å²) in [5.74, 6) is -4.07. The Bertz CT molecular complexity index is 440. The molecule has 0 aliphatic carbocycles. The average molecular weight is 324 g/mol. The van der Waals surface area contributed by atoms with Gasteiger partial charge in [0.05, 0.1) is 6.42 Å². The molecule has 0 spiro atoms. The SMILES string of the molecule is CC[C@H](NC(=O)CC[C@H](N)C(=O)O)P(=O)(O)CCC(=O)O. The van der Waals surface area contributed by atoms with Crippen LogP contribution in [0.25, 0.3) is 0 Å². The van der Waals surface area contributed by atoms with Gasteiger partial charge < -0.3 is 26.2 Å². The minimum atomic E-state index is -3.84. The highest BCUT2D eigenvalue weighted by Gasteiger charge is 2.31. The molecule has 0 fully saturated rings. The molecule has 0 rings (SSSR count). The van der Waals surface area contributed by atoms with Crippen LogP contribution in [0.1, 0.15) is 32.6 Å². The van der Waals surface area contributed by atoms with E-state index in [4.69, 9.17) is 15.9 Å². The van der Waals surface area contributed by atoms with Crippen molar-refractivity contribution in [3.8, 4) is 0 Å². The third kappa shape index (κ3) is 7.79. The van der Waals surface area contributed by atoms with E-state index in [0.717, 1.165) is 0 Å². The topological polar surface area (TPSA) is 167 Å². The van der Waals surface area contributed by atoms with E-state index in [9.17, 15) is 23.8 Å². The number of carbonyl (C=O) groups is 3. The second-order valence-electron chi connectivity index (χ2n) is 4.60. The molecule has 9 nitrogen and oxygen atoms in total. The lowest BCUT2D eigenvalue weighted by molar-refractivity contribution is -0.139. The largest absolute Gasteiger partial charge is 0.481 e. The molecule has 0 aromatic heterocycles. The summed E-state index contributed by atoms with van der Waals surface area (Å²) in [5.41, 5.74) is 5.25. The Hall–Kier alpha value is -1.44. The number of nitrogens with one attached hydrogen (secondary N) is 1. The zero-order chi connectivity index (χ0) is 16.6. The van der Waals surface area contributed by atoms with E-state index >= 15 is 0 Å². The fraction of sp³-hybridized carbons (Fsp3) is 0.727. The maximum absolute atomic E-state index is 12.0. The Labute approximate surface area is 122 Å². The van der Waals surface area contributed by atoms with Gasteiger partial charge in [-0.05, 0) is 12.8 Å². The molecule has 0 aliphatic heterocycles.